The molecule has 1 saturated heterocycles. The summed E-state index contributed by atoms with van der Waals surface area (Å²) in [4.78, 5) is 0. The lowest BCUT2D eigenvalue weighted by molar-refractivity contribution is 0.0507. The maximum absolute atomic E-state index is 9.99. The van der Waals surface area contributed by atoms with Crippen LogP contribution in [0.15, 0.2) is 0 Å². The van der Waals surface area contributed by atoms with E-state index in [9.17, 15) is 5.11 Å². The molecule has 15 heavy (non-hydrogen) atoms. The summed E-state index contributed by atoms with van der Waals surface area (Å²) in [5.74, 6) is 0. The molecule has 0 radical (unpaired) electrons. The number of aliphatic hydroxyl groups excluding tert-OH is 1. The Hall–Kier alpha value is -0.120. The molecule has 0 aromatic rings. The minimum Gasteiger partial charge on any atom is -0.391 e. The third-order valence-electron chi connectivity index (χ3n) is 3.68. The third-order valence-corrected chi connectivity index (χ3v) is 3.68. The number of piperidine rings is 1. The van der Waals surface area contributed by atoms with Crippen LogP contribution in [-0.4, -0.2) is 35.4 Å². The van der Waals surface area contributed by atoms with Gasteiger partial charge in [-0.3, -0.25) is 0 Å². The molecule has 2 atom stereocenters. The van der Waals surface area contributed by atoms with Crippen LogP contribution in [0.25, 0.3) is 0 Å². The summed E-state index contributed by atoms with van der Waals surface area (Å²) in [6, 6.07) is 0.311. The minimum atomic E-state index is -0.130. The molecule has 2 aliphatic rings. The second-order valence-corrected chi connectivity index (χ2v) is 4.99. The van der Waals surface area contributed by atoms with Gasteiger partial charge in [-0.05, 0) is 25.7 Å². The van der Waals surface area contributed by atoms with E-state index in [4.69, 9.17) is 0 Å². The zero-order chi connectivity index (χ0) is 10.5. The quantitative estimate of drug-likeness (QED) is 0.684. The number of nitrogens with zero attached hydrogens (tertiary/aromatic N) is 1. The SMILES string of the molecule is OC1CCCCCC1NN1CCCCC1. The van der Waals surface area contributed by atoms with Crippen molar-refractivity contribution in [1.82, 2.24) is 10.4 Å². The Morgan fingerprint density at radius 3 is 2.33 bits per heavy atom. The van der Waals surface area contributed by atoms with Crippen molar-refractivity contribution in [2.24, 2.45) is 0 Å². The van der Waals surface area contributed by atoms with E-state index in [-0.39, 0.29) is 6.10 Å². The van der Waals surface area contributed by atoms with Gasteiger partial charge in [0.2, 0.25) is 0 Å². The van der Waals surface area contributed by atoms with Gasteiger partial charge in [0.05, 0.1) is 6.10 Å². The molecular weight excluding hydrogens is 188 g/mol. The highest BCUT2D eigenvalue weighted by atomic mass is 16.3. The summed E-state index contributed by atoms with van der Waals surface area (Å²) >= 11 is 0. The maximum atomic E-state index is 9.99. The summed E-state index contributed by atoms with van der Waals surface area (Å²) in [5.41, 5.74) is 3.53. The average molecular weight is 212 g/mol. The first-order valence-corrected chi connectivity index (χ1v) is 6.55. The molecule has 1 aliphatic carbocycles. The first-order valence-electron chi connectivity index (χ1n) is 6.55. The Balaban J connectivity index is 1.79. The van der Waals surface area contributed by atoms with Crippen molar-refractivity contribution in [2.45, 2.75) is 63.5 Å². The number of hydrogen-bond donors (Lipinski definition) is 2. The predicted octanol–water partition coefficient (Wildman–Crippen LogP) is 1.67. The molecule has 3 nitrogen and oxygen atoms in total. The van der Waals surface area contributed by atoms with Gasteiger partial charge < -0.3 is 5.11 Å². The van der Waals surface area contributed by atoms with E-state index < -0.39 is 0 Å². The summed E-state index contributed by atoms with van der Waals surface area (Å²) in [5, 5.41) is 12.3. The lowest BCUT2D eigenvalue weighted by Gasteiger charge is -2.33. The van der Waals surface area contributed by atoms with Gasteiger partial charge in [0.15, 0.2) is 0 Å². The molecule has 2 N–H and O–H groups in total. The van der Waals surface area contributed by atoms with Crippen molar-refractivity contribution < 1.29 is 5.11 Å². The lowest BCUT2D eigenvalue weighted by atomic mass is 10.1. The fourth-order valence-corrected chi connectivity index (χ4v) is 2.70. The zero-order valence-corrected chi connectivity index (χ0v) is 9.62. The molecule has 2 fully saturated rings. The molecule has 0 amide bonds. The van der Waals surface area contributed by atoms with Gasteiger partial charge >= 0.3 is 0 Å². The van der Waals surface area contributed by atoms with Gasteiger partial charge in [0.25, 0.3) is 0 Å². The Morgan fingerprint density at radius 2 is 1.53 bits per heavy atom. The van der Waals surface area contributed by atoms with E-state index in [0.717, 1.165) is 25.9 Å². The van der Waals surface area contributed by atoms with Crippen molar-refractivity contribution in [3.63, 3.8) is 0 Å². The Labute approximate surface area is 92.8 Å². The third kappa shape index (κ3) is 3.44. The molecule has 1 saturated carbocycles. The highest BCUT2D eigenvalue weighted by molar-refractivity contribution is 4.78. The number of nitrogens with one attached hydrogen (secondary N) is 1. The van der Waals surface area contributed by atoms with E-state index in [1.54, 1.807) is 0 Å². The Morgan fingerprint density at radius 1 is 0.867 bits per heavy atom. The molecule has 0 aromatic heterocycles. The van der Waals surface area contributed by atoms with Crippen LogP contribution in [0.4, 0.5) is 0 Å². The molecule has 2 rings (SSSR count). The van der Waals surface area contributed by atoms with Crippen LogP contribution < -0.4 is 5.43 Å². The number of hydrogen-bond acceptors (Lipinski definition) is 3. The monoisotopic (exact) mass is 212 g/mol. The fraction of sp³-hybridized carbons (Fsp3) is 1.00. The first kappa shape index (κ1) is 11.4. The van der Waals surface area contributed by atoms with Gasteiger partial charge in [0, 0.05) is 19.1 Å². The van der Waals surface area contributed by atoms with Crippen LogP contribution in [0.1, 0.15) is 51.4 Å². The predicted molar refractivity (Wildman–Crippen MR) is 61.4 cm³/mol. The van der Waals surface area contributed by atoms with Crippen molar-refractivity contribution in [1.29, 1.82) is 0 Å². The van der Waals surface area contributed by atoms with E-state index >= 15 is 0 Å². The van der Waals surface area contributed by atoms with Crippen LogP contribution in [-0.2, 0) is 0 Å². The standard InChI is InChI=1S/C12H24N2O/c15-12-8-4-1-3-7-11(12)13-14-9-5-2-6-10-14/h11-13,15H,1-10H2. The van der Waals surface area contributed by atoms with E-state index in [0.29, 0.717) is 6.04 Å². The Bertz CT molecular complexity index is 180. The topological polar surface area (TPSA) is 35.5 Å². The van der Waals surface area contributed by atoms with Gasteiger partial charge in [-0.2, -0.15) is 0 Å². The van der Waals surface area contributed by atoms with Gasteiger partial charge in [-0.15, -0.1) is 0 Å². The molecule has 1 heterocycles. The van der Waals surface area contributed by atoms with E-state index in [2.05, 4.69) is 10.4 Å². The van der Waals surface area contributed by atoms with Crippen molar-refractivity contribution in [2.75, 3.05) is 13.1 Å². The first-order chi connectivity index (χ1) is 7.36. The fourth-order valence-electron chi connectivity index (χ4n) is 2.70. The van der Waals surface area contributed by atoms with E-state index in [1.807, 2.05) is 0 Å². The molecule has 3 heteroatoms. The van der Waals surface area contributed by atoms with Crippen molar-refractivity contribution in [3.8, 4) is 0 Å². The molecule has 0 bridgehead atoms. The maximum Gasteiger partial charge on any atom is 0.0706 e. The molecule has 88 valence electrons. The molecule has 1 aliphatic heterocycles. The smallest absolute Gasteiger partial charge is 0.0706 e. The normalized spacial score (nSPS) is 35.0. The number of hydrazine groups is 1. The summed E-state index contributed by atoms with van der Waals surface area (Å²) in [6.07, 6.45) is 9.70. The van der Waals surface area contributed by atoms with E-state index in [1.165, 1.54) is 38.5 Å². The molecule has 0 aromatic carbocycles. The van der Waals surface area contributed by atoms with Crippen molar-refractivity contribution >= 4 is 0 Å². The number of aliphatic hydroxyl groups is 1. The average Bonchev–Trinajstić information content (AvgIpc) is 2.46. The van der Waals surface area contributed by atoms with Crippen molar-refractivity contribution in [3.05, 3.63) is 0 Å². The van der Waals surface area contributed by atoms with Crippen LogP contribution >= 0.6 is 0 Å². The summed E-state index contributed by atoms with van der Waals surface area (Å²) < 4.78 is 0. The Kier molecular flexibility index (Phi) is 4.42. The second kappa shape index (κ2) is 5.83. The summed E-state index contributed by atoms with van der Waals surface area (Å²) in [7, 11) is 0. The van der Waals surface area contributed by atoms with Crippen LogP contribution in [0.2, 0.25) is 0 Å². The van der Waals surface area contributed by atoms with Crippen LogP contribution in [0, 0.1) is 0 Å². The largest absolute Gasteiger partial charge is 0.391 e. The second-order valence-electron chi connectivity index (χ2n) is 4.99. The van der Waals surface area contributed by atoms with Crippen LogP contribution in [0.3, 0.4) is 0 Å². The molecular formula is C12H24N2O. The molecule has 0 spiro atoms. The van der Waals surface area contributed by atoms with Gasteiger partial charge in [0.1, 0.15) is 0 Å². The zero-order valence-electron chi connectivity index (χ0n) is 9.62. The highest BCUT2D eigenvalue weighted by Crippen LogP contribution is 2.19. The molecule has 2 unspecified atom stereocenters. The van der Waals surface area contributed by atoms with Crippen LogP contribution in [0.5, 0.6) is 0 Å². The van der Waals surface area contributed by atoms with Gasteiger partial charge in [-0.25, -0.2) is 10.4 Å². The minimum absolute atomic E-state index is 0.130. The summed E-state index contributed by atoms with van der Waals surface area (Å²) in [6.45, 7) is 2.31. The van der Waals surface area contributed by atoms with Gasteiger partial charge in [-0.1, -0.05) is 25.7 Å². The highest BCUT2D eigenvalue weighted by Gasteiger charge is 2.23. The number of rotatable bonds is 2. The lowest BCUT2D eigenvalue weighted by Crippen LogP contribution is -2.51.